The topological polar surface area (TPSA) is 97.0 Å². The van der Waals surface area contributed by atoms with Gasteiger partial charge in [-0.3, -0.25) is 9.89 Å². The number of ketones is 1. The average Bonchev–Trinajstić information content (AvgIpc) is 3.17. The van der Waals surface area contributed by atoms with Gasteiger partial charge in [-0.25, -0.2) is 9.98 Å². The monoisotopic (exact) mass is 495 g/mol. The van der Waals surface area contributed by atoms with Gasteiger partial charge in [-0.15, -0.1) is 0 Å². The van der Waals surface area contributed by atoms with Crippen LogP contribution in [0, 0.1) is 12.8 Å². The van der Waals surface area contributed by atoms with Gasteiger partial charge in [0.05, 0.1) is 11.3 Å². The lowest BCUT2D eigenvalue weighted by atomic mass is 9.96. The Morgan fingerprint density at radius 1 is 1.19 bits per heavy atom. The maximum absolute atomic E-state index is 12.9. The molecule has 3 N–H and O–H groups in total. The molecule has 4 rings (SSSR count). The first-order valence-electron chi connectivity index (χ1n) is 11.9. The maximum Gasteiger partial charge on any atom is 0.433 e. The van der Waals surface area contributed by atoms with Crippen LogP contribution in [0.1, 0.15) is 70.3 Å². The van der Waals surface area contributed by atoms with Gasteiger partial charge in [-0.1, -0.05) is 37.3 Å². The molecule has 3 heterocycles. The zero-order valence-corrected chi connectivity index (χ0v) is 20.2. The van der Waals surface area contributed by atoms with Gasteiger partial charge < -0.3 is 5.73 Å². The average molecular weight is 496 g/mol. The summed E-state index contributed by atoms with van der Waals surface area (Å²) in [5, 5.41) is 7.42. The fourth-order valence-corrected chi connectivity index (χ4v) is 4.23. The fourth-order valence-electron chi connectivity index (χ4n) is 4.23. The summed E-state index contributed by atoms with van der Waals surface area (Å²) < 4.78 is 38.6. The SMILES string of the molecule is CCC1C=Nc2n[nH]c(Cc3cc(CCCC(=O)c4cccc(C(F)(F)F)n4)ccc3C)c2C(N)=C1. The van der Waals surface area contributed by atoms with Crippen molar-refractivity contribution in [3.05, 3.63) is 81.8 Å². The molecule has 1 aliphatic rings. The molecular formula is C27H28F3N5O. The summed E-state index contributed by atoms with van der Waals surface area (Å²) in [5.74, 6) is 0.359. The van der Waals surface area contributed by atoms with Gasteiger partial charge >= 0.3 is 6.18 Å². The highest BCUT2D eigenvalue weighted by molar-refractivity contribution is 5.94. The molecule has 0 spiro atoms. The van der Waals surface area contributed by atoms with Crippen molar-refractivity contribution in [2.24, 2.45) is 16.6 Å². The number of nitrogens with two attached hydrogens (primary N) is 1. The van der Waals surface area contributed by atoms with E-state index in [1.807, 2.05) is 31.3 Å². The number of aryl methyl sites for hydroxylation is 2. The van der Waals surface area contributed by atoms with E-state index in [2.05, 4.69) is 33.2 Å². The van der Waals surface area contributed by atoms with Crippen LogP contribution in [0.25, 0.3) is 5.70 Å². The number of allylic oxidation sites excluding steroid dienone is 1. The Bertz CT molecular complexity index is 1320. The van der Waals surface area contributed by atoms with Gasteiger partial charge in [-0.05, 0) is 55.0 Å². The zero-order chi connectivity index (χ0) is 25.9. The highest BCUT2D eigenvalue weighted by Crippen LogP contribution is 2.31. The van der Waals surface area contributed by atoms with Gasteiger partial charge in [0.25, 0.3) is 0 Å². The van der Waals surface area contributed by atoms with Crippen LogP contribution in [0.3, 0.4) is 0 Å². The van der Waals surface area contributed by atoms with Crippen molar-refractivity contribution in [1.29, 1.82) is 0 Å². The molecule has 0 aliphatic carbocycles. The molecule has 0 fully saturated rings. The second kappa shape index (κ2) is 10.5. The predicted molar refractivity (Wildman–Crippen MR) is 133 cm³/mol. The Labute approximate surface area is 207 Å². The van der Waals surface area contributed by atoms with Crippen LogP contribution < -0.4 is 5.73 Å². The minimum absolute atomic E-state index is 0.115. The molecule has 188 valence electrons. The van der Waals surface area contributed by atoms with Crippen LogP contribution >= 0.6 is 0 Å². The van der Waals surface area contributed by atoms with E-state index in [4.69, 9.17) is 5.73 Å². The summed E-state index contributed by atoms with van der Waals surface area (Å²) in [6.45, 7) is 4.11. The number of nitrogens with one attached hydrogen (secondary N) is 1. The molecule has 36 heavy (non-hydrogen) atoms. The number of halogens is 3. The molecule has 1 unspecified atom stereocenters. The van der Waals surface area contributed by atoms with E-state index in [0.29, 0.717) is 30.8 Å². The lowest BCUT2D eigenvalue weighted by Crippen LogP contribution is -2.11. The first kappa shape index (κ1) is 25.3. The van der Waals surface area contributed by atoms with E-state index in [0.717, 1.165) is 40.4 Å². The van der Waals surface area contributed by atoms with Crippen LogP contribution in [0.4, 0.5) is 19.0 Å². The lowest BCUT2D eigenvalue weighted by molar-refractivity contribution is -0.141. The number of H-pyrrole nitrogens is 1. The molecule has 6 nitrogen and oxygen atoms in total. The maximum atomic E-state index is 12.9. The largest absolute Gasteiger partial charge is 0.433 e. The van der Waals surface area contributed by atoms with Crippen LogP contribution in [0.15, 0.2) is 47.5 Å². The van der Waals surface area contributed by atoms with Crippen LogP contribution in [0.2, 0.25) is 0 Å². The molecule has 9 heteroatoms. The smallest absolute Gasteiger partial charge is 0.398 e. The number of pyridine rings is 1. The minimum Gasteiger partial charge on any atom is -0.398 e. The zero-order valence-electron chi connectivity index (χ0n) is 20.2. The number of fused-ring (bicyclic) bond motifs is 1. The summed E-state index contributed by atoms with van der Waals surface area (Å²) in [5.41, 5.74) is 10.8. The van der Waals surface area contributed by atoms with E-state index in [1.54, 1.807) is 0 Å². The normalized spacial score (nSPS) is 15.4. The van der Waals surface area contributed by atoms with Crippen LogP contribution in [-0.2, 0) is 19.0 Å². The van der Waals surface area contributed by atoms with Crippen molar-refractivity contribution >= 4 is 23.5 Å². The number of carbonyl (C=O) groups excluding carboxylic acids is 1. The van der Waals surface area contributed by atoms with E-state index in [9.17, 15) is 18.0 Å². The lowest BCUT2D eigenvalue weighted by Gasteiger charge is -2.11. The van der Waals surface area contributed by atoms with Gasteiger partial charge in [0.15, 0.2) is 11.6 Å². The number of aliphatic imine (C=N–C) groups is 1. The Balaban J connectivity index is 1.43. The van der Waals surface area contributed by atoms with Gasteiger partial charge in [0, 0.05) is 30.7 Å². The van der Waals surface area contributed by atoms with Crippen molar-refractivity contribution in [3.8, 4) is 0 Å². The number of alkyl halides is 3. The van der Waals surface area contributed by atoms with Gasteiger partial charge in [0.2, 0.25) is 0 Å². The third-order valence-electron chi connectivity index (χ3n) is 6.34. The van der Waals surface area contributed by atoms with Crippen molar-refractivity contribution in [2.45, 2.75) is 52.1 Å². The molecule has 0 radical (unpaired) electrons. The first-order chi connectivity index (χ1) is 17.2. The highest BCUT2D eigenvalue weighted by atomic mass is 19.4. The van der Waals surface area contributed by atoms with E-state index < -0.39 is 17.7 Å². The molecule has 3 aromatic rings. The summed E-state index contributed by atoms with van der Waals surface area (Å²) in [6.07, 6.45) is 2.02. The number of Topliss-reactive ketones (excluding diaryl/α,β-unsaturated/α-hetero) is 1. The predicted octanol–water partition coefficient (Wildman–Crippen LogP) is 5.97. The van der Waals surface area contributed by atoms with Gasteiger partial charge in [-0.2, -0.15) is 18.3 Å². The summed E-state index contributed by atoms with van der Waals surface area (Å²) >= 11 is 0. The Kier molecular flexibility index (Phi) is 7.37. The molecule has 0 saturated heterocycles. The van der Waals surface area contributed by atoms with Crippen molar-refractivity contribution in [3.63, 3.8) is 0 Å². The summed E-state index contributed by atoms with van der Waals surface area (Å²) in [7, 11) is 0. The number of carbonyl (C=O) groups is 1. The first-order valence-corrected chi connectivity index (χ1v) is 11.9. The number of benzene rings is 1. The molecule has 0 bridgehead atoms. The Morgan fingerprint density at radius 3 is 2.75 bits per heavy atom. The Hall–Kier alpha value is -3.75. The number of hydrogen-bond donors (Lipinski definition) is 2. The minimum atomic E-state index is -4.58. The molecule has 1 aliphatic heterocycles. The second-order valence-electron chi connectivity index (χ2n) is 8.99. The molecule has 0 amide bonds. The third-order valence-corrected chi connectivity index (χ3v) is 6.34. The summed E-state index contributed by atoms with van der Waals surface area (Å²) in [4.78, 5) is 20.4. The number of nitrogens with zero attached hydrogens (tertiary/aromatic N) is 3. The fraction of sp³-hybridized carbons (Fsp3) is 0.333. The Morgan fingerprint density at radius 2 is 2.00 bits per heavy atom. The second-order valence-corrected chi connectivity index (χ2v) is 8.99. The number of aromatic amines is 1. The van der Waals surface area contributed by atoms with E-state index >= 15 is 0 Å². The van der Waals surface area contributed by atoms with Crippen molar-refractivity contribution < 1.29 is 18.0 Å². The van der Waals surface area contributed by atoms with Gasteiger partial charge in [0.1, 0.15) is 11.4 Å². The number of hydrogen-bond acceptors (Lipinski definition) is 5. The van der Waals surface area contributed by atoms with Crippen LogP contribution in [0.5, 0.6) is 0 Å². The highest BCUT2D eigenvalue weighted by Gasteiger charge is 2.32. The quantitative estimate of drug-likeness (QED) is 0.376. The van der Waals surface area contributed by atoms with Crippen LogP contribution in [-0.4, -0.2) is 27.2 Å². The molecule has 1 atom stereocenters. The van der Waals surface area contributed by atoms with Crippen molar-refractivity contribution in [2.75, 3.05) is 0 Å². The van der Waals surface area contributed by atoms with E-state index in [-0.39, 0.29) is 18.0 Å². The molecule has 0 saturated carbocycles. The van der Waals surface area contributed by atoms with E-state index in [1.165, 1.54) is 12.1 Å². The van der Waals surface area contributed by atoms with Crippen molar-refractivity contribution in [1.82, 2.24) is 15.2 Å². The molecular weight excluding hydrogens is 467 g/mol. The number of aromatic nitrogens is 3. The third kappa shape index (κ3) is 5.72. The molecule has 1 aromatic carbocycles. The summed E-state index contributed by atoms with van der Waals surface area (Å²) in [6, 6.07) is 9.51. The number of rotatable bonds is 8. The molecule has 2 aromatic heterocycles. The standard InChI is InChI=1S/C27H28F3N5O/c1-3-17-13-20(31)25-22(34-35-26(25)32-15-17)14-19-12-18(11-10-16(19)2)6-4-8-23(36)21-7-5-9-24(33-21)27(28,29)30/h5,7,9-13,15,17H,3-4,6,8,14,31H2,1-2H3,(H,34,35).